The molecule has 1 amide bonds. The van der Waals surface area contributed by atoms with Gasteiger partial charge in [-0.05, 0) is 12.0 Å². The van der Waals surface area contributed by atoms with Crippen molar-refractivity contribution in [2.45, 2.75) is 19.2 Å². The molecule has 0 saturated heterocycles. The highest BCUT2D eigenvalue weighted by atomic mass is 19.4. The highest BCUT2D eigenvalue weighted by Gasteiger charge is 2.43. The van der Waals surface area contributed by atoms with Gasteiger partial charge in [0.05, 0.1) is 6.61 Å². The summed E-state index contributed by atoms with van der Waals surface area (Å²) < 4.78 is 35.9. The lowest BCUT2D eigenvalue weighted by molar-refractivity contribution is -0.182. The van der Waals surface area contributed by atoms with Crippen molar-refractivity contribution in [3.8, 4) is 0 Å². The van der Waals surface area contributed by atoms with Crippen LogP contribution in [0.2, 0.25) is 0 Å². The molecule has 1 aromatic rings. The molecule has 112 valence electrons. The number of rotatable bonds is 4. The van der Waals surface area contributed by atoms with Crippen LogP contribution in [0.1, 0.15) is 12.0 Å². The highest BCUT2D eigenvalue weighted by molar-refractivity contribution is 5.78. The van der Waals surface area contributed by atoms with Crippen molar-refractivity contribution in [3.05, 3.63) is 48.6 Å². The van der Waals surface area contributed by atoms with Crippen molar-refractivity contribution < 1.29 is 23.1 Å². The van der Waals surface area contributed by atoms with Gasteiger partial charge in [-0.25, -0.2) is 5.84 Å². The third-order valence-electron chi connectivity index (χ3n) is 2.28. The monoisotopic (exact) mass is 290 g/mol. The van der Waals surface area contributed by atoms with Gasteiger partial charge < -0.3 is 5.11 Å². The third kappa shape index (κ3) is 6.91. The average Bonchev–Trinajstić information content (AvgIpc) is 2.44. The second-order valence-electron chi connectivity index (χ2n) is 3.77. The van der Waals surface area contributed by atoms with Gasteiger partial charge in [-0.15, -0.1) is 6.58 Å². The lowest BCUT2D eigenvalue weighted by Crippen LogP contribution is -2.42. The maximum Gasteiger partial charge on any atom is 0.400 e. The van der Waals surface area contributed by atoms with Crippen LogP contribution >= 0.6 is 0 Å². The largest absolute Gasteiger partial charge is 0.400 e. The van der Waals surface area contributed by atoms with Gasteiger partial charge in [0.1, 0.15) is 5.92 Å². The molecule has 4 N–H and O–H groups in total. The number of nitrogens with one attached hydrogen (secondary N) is 1. The Bertz CT molecular complexity index is 408. The summed E-state index contributed by atoms with van der Waals surface area (Å²) in [6.07, 6.45) is -4.02. The first-order chi connectivity index (χ1) is 9.36. The smallest absolute Gasteiger partial charge is 0.392 e. The fourth-order valence-corrected chi connectivity index (χ4v) is 1.24. The van der Waals surface area contributed by atoms with Gasteiger partial charge in [0, 0.05) is 0 Å². The summed E-state index contributed by atoms with van der Waals surface area (Å²) >= 11 is 0. The van der Waals surface area contributed by atoms with E-state index in [2.05, 4.69) is 12.4 Å². The number of benzene rings is 1. The molecule has 1 aromatic carbocycles. The third-order valence-corrected chi connectivity index (χ3v) is 2.28. The van der Waals surface area contributed by atoms with E-state index in [1.54, 1.807) is 0 Å². The van der Waals surface area contributed by atoms with Gasteiger partial charge in [0.15, 0.2) is 0 Å². The van der Waals surface area contributed by atoms with Gasteiger partial charge in [-0.3, -0.25) is 10.2 Å². The molecule has 0 aliphatic carbocycles. The van der Waals surface area contributed by atoms with Crippen molar-refractivity contribution in [1.29, 1.82) is 0 Å². The van der Waals surface area contributed by atoms with Gasteiger partial charge >= 0.3 is 6.18 Å². The summed E-state index contributed by atoms with van der Waals surface area (Å²) in [5.74, 6) is 1.22. The molecular formula is C13H17F3N2O2. The van der Waals surface area contributed by atoms with Crippen molar-refractivity contribution in [2.75, 3.05) is 0 Å². The molecule has 20 heavy (non-hydrogen) atoms. The average molecular weight is 290 g/mol. The number of hydrogen-bond acceptors (Lipinski definition) is 3. The molecule has 0 aliphatic heterocycles. The van der Waals surface area contributed by atoms with Gasteiger partial charge in [-0.1, -0.05) is 36.4 Å². The van der Waals surface area contributed by atoms with E-state index in [1.807, 2.05) is 30.3 Å². The van der Waals surface area contributed by atoms with E-state index in [4.69, 9.17) is 5.11 Å². The summed E-state index contributed by atoms with van der Waals surface area (Å²) in [7, 11) is 0. The molecule has 0 radical (unpaired) electrons. The first-order valence-corrected chi connectivity index (χ1v) is 5.69. The molecule has 0 aliphatic rings. The number of nitrogens with two attached hydrogens (primary N) is 1. The minimum absolute atomic E-state index is 0.140. The molecule has 1 atom stereocenters. The summed E-state index contributed by atoms with van der Waals surface area (Å²) in [6, 6.07) is 9.52. The summed E-state index contributed by atoms with van der Waals surface area (Å²) in [5, 5.41) is 8.54. The second-order valence-corrected chi connectivity index (χ2v) is 3.77. The Morgan fingerprint density at radius 2 is 1.95 bits per heavy atom. The van der Waals surface area contributed by atoms with E-state index in [-0.39, 0.29) is 6.61 Å². The number of amides is 1. The van der Waals surface area contributed by atoms with Gasteiger partial charge in [0.25, 0.3) is 0 Å². The maximum absolute atomic E-state index is 12.0. The molecule has 0 spiro atoms. The van der Waals surface area contributed by atoms with E-state index in [9.17, 15) is 18.0 Å². The Morgan fingerprint density at radius 1 is 1.40 bits per heavy atom. The van der Waals surface area contributed by atoms with Crippen molar-refractivity contribution in [2.24, 2.45) is 11.8 Å². The number of aliphatic hydroxyl groups is 1. The molecule has 0 aromatic heterocycles. The number of aliphatic hydroxyl groups excluding tert-OH is 1. The van der Waals surface area contributed by atoms with E-state index in [0.717, 1.165) is 11.6 Å². The van der Waals surface area contributed by atoms with E-state index in [1.165, 1.54) is 5.43 Å². The Hall–Kier alpha value is -1.86. The minimum Gasteiger partial charge on any atom is -0.392 e. The standard InChI is InChI=1S/C7H8O.C6H9F3N2O/c8-6-7-4-2-1-3-5-7;1-2-3-4(5(12)11-10)6(7,8)9/h1-5,8H,6H2;2,4H,1,3,10H2,(H,11,12). The summed E-state index contributed by atoms with van der Waals surface area (Å²) in [5.41, 5.74) is 2.41. The predicted octanol–water partition coefficient (Wildman–Crippen LogP) is 1.91. The Kier molecular flexibility index (Phi) is 8.26. The van der Waals surface area contributed by atoms with Crippen LogP contribution in [0.4, 0.5) is 13.2 Å². The Balaban J connectivity index is 0.000000388. The number of allylic oxidation sites excluding steroid dienone is 1. The maximum atomic E-state index is 12.0. The zero-order chi connectivity index (χ0) is 15.6. The van der Waals surface area contributed by atoms with E-state index >= 15 is 0 Å². The SMILES string of the molecule is C=CCC(C(=O)NN)C(F)(F)F.OCc1ccccc1. The molecule has 4 nitrogen and oxygen atoms in total. The minimum atomic E-state index is -4.57. The van der Waals surface area contributed by atoms with Crippen LogP contribution in [0.25, 0.3) is 0 Å². The van der Waals surface area contributed by atoms with Crippen molar-refractivity contribution in [1.82, 2.24) is 5.43 Å². The number of alkyl halides is 3. The highest BCUT2D eigenvalue weighted by Crippen LogP contribution is 2.28. The lowest BCUT2D eigenvalue weighted by atomic mass is 10.0. The zero-order valence-electron chi connectivity index (χ0n) is 10.7. The normalized spacial score (nSPS) is 11.8. The fourth-order valence-electron chi connectivity index (χ4n) is 1.24. The molecule has 1 rings (SSSR count). The van der Waals surface area contributed by atoms with Gasteiger partial charge in [-0.2, -0.15) is 13.2 Å². The Morgan fingerprint density at radius 3 is 2.25 bits per heavy atom. The molecule has 1 unspecified atom stereocenters. The number of carbonyl (C=O) groups excluding carboxylic acids is 1. The first kappa shape index (κ1) is 18.1. The molecule has 7 heteroatoms. The summed E-state index contributed by atoms with van der Waals surface area (Å²) in [6.45, 7) is 3.25. The zero-order valence-corrected chi connectivity index (χ0v) is 10.7. The predicted molar refractivity (Wildman–Crippen MR) is 69.1 cm³/mol. The number of hydrogen-bond donors (Lipinski definition) is 3. The van der Waals surface area contributed by atoms with Crippen LogP contribution in [0.15, 0.2) is 43.0 Å². The van der Waals surface area contributed by atoms with Crippen LogP contribution < -0.4 is 11.3 Å². The van der Waals surface area contributed by atoms with E-state index in [0.29, 0.717) is 0 Å². The van der Waals surface area contributed by atoms with Crippen LogP contribution in [0.3, 0.4) is 0 Å². The topological polar surface area (TPSA) is 75.4 Å². The molecule has 0 bridgehead atoms. The van der Waals surface area contributed by atoms with Crippen LogP contribution in [0, 0.1) is 5.92 Å². The molecule has 0 saturated carbocycles. The molecule has 0 fully saturated rings. The van der Waals surface area contributed by atoms with Crippen molar-refractivity contribution in [3.63, 3.8) is 0 Å². The number of carbonyl (C=O) groups is 1. The van der Waals surface area contributed by atoms with Gasteiger partial charge in [0.2, 0.25) is 5.91 Å². The molecule has 0 heterocycles. The number of hydrazine groups is 1. The van der Waals surface area contributed by atoms with Crippen LogP contribution in [-0.4, -0.2) is 17.2 Å². The molecular weight excluding hydrogens is 273 g/mol. The summed E-state index contributed by atoms with van der Waals surface area (Å²) in [4.78, 5) is 10.5. The fraction of sp³-hybridized carbons (Fsp3) is 0.308. The van der Waals surface area contributed by atoms with Crippen LogP contribution in [0.5, 0.6) is 0 Å². The second kappa shape index (κ2) is 9.11. The number of halogens is 3. The first-order valence-electron chi connectivity index (χ1n) is 5.69. The lowest BCUT2D eigenvalue weighted by Gasteiger charge is -2.16. The quantitative estimate of drug-likeness (QED) is 0.343. The van der Waals surface area contributed by atoms with Crippen LogP contribution in [-0.2, 0) is 11.4 Å². The Labute approximate surface area is 115 Å². The van der Waals surface area contributed by atoms with Crippen molar-refractivity contribution >= 4 is 5.91 Å². The van der Waals surface area contributed by atoms with E-state index < -0.39 is 24.4 Å².